The van der Waals surface area contributed by atoms with Crippen LogP contribution in [0.15, 0.2) is 41.4 Å². The highest BCUT2D eigenvalue weighted by Crippen LogP contribution is 2.27. The van der Waals surface area contributed by atoms with Crippen LogP contribution in [0, 0.1) is 0 Å². The number of rotatable bonds is 5. The van der Waals surface area contributed by atoms with Gasteiger partial charge in [-0.25, -0.2) is 8.93 Å². The maximum atomic E-state index is 12.2. The minimum atomic E-state index is -1.10. The third kappa shape index (κ3) is 4.34. The molecule has 2 nitrogen and oxygen atoms in total. The number of benzene rings is 1. The van der Waals surface area contributed by atoms with Crippen molar-refractivity contribution in [2.45, 2.75) is 38.0 Å². The summed E-state index contributed by atoms with van der Waals surface area (Å²) in [6.45, 7) is 9.65. The van der Waals surface area contributed by atoms with Crippen LogP contribution in [0.25, 0.3) is 0 Å². The van der Waals surface area contributed by atoms with Crippen molar-refractivity contribution in [2.24, 2.45) is 0 Å². The molecular weight excluding hydrogens is 310 g/mol. The molecule has 0 aliphatic carbocycles. The molecule has 0 spiro atoms. The lowest BCUT2D eigenvalue weighted by Crippen LogP contribution is -2.35. The largest absolute Gasteiger partial charge is 0.242 e. The van der Waals surface area contributed by atoms with E-state index in [1.807, 2.05) is 51.1 Å². The Hall–Kier alpha value is -0.450. The number of hydrogen-bond donors (Lipinski definition) is 1. The third-order valence-corrected chi connectivity index (χ3v) is 4.82. The summed E-state index contributed by atoms with van der Waals surface area (Å²) in [6, 6.07) is 7.99. The second kappa shape index (κ2) is 6.64. The second-order valence-electron chi connectivity index (χ2n) is 5.10. The van der Waals surface area contributed by atoms with E-state index in [1.165, 1.54) is 0 Å². The Kier molecular flexibility index (Phi) is 5.76. The van der Waals surface area contributed by atoms with E-state index in [4.69, 9.17) is 0 Å². The lowest BCUT2D eigenvalue weighted by Gasteiger charge is -2.24. The summed E-state index contributed by atoms with van der Waals surface area (Å²) >= 11 is 3.53. The highest BCUT2D eigenvalue weighted by molar-refractivity contribution is 9.10. The van der Waals surface area contributed by atoms with Gasteiger partial charge in [0.15, 0.2) is 0 Å². The Labute approximate surface area is 121 Å². The molecule has 0 saturated carbocycles. The minimum Gasteiger partial charge on any atom is -0.242 e. The topological polar surface area (TPSA) is 29.1 Å². The fourth-order valence-corrected chi connectivity index (χ4v) is 2.87. The first-order chi connectivity index (χ1) is 8.36. The van der Waals surface area contributed by atoms with E-state index in [9.17, 15) is 4.21 Å². The van der Waals surface area contributed by atoms with E-state index in [0.29, 0.717) is 0 Å². The first-order valence-electron chi connectivity index (χ1n) is 5.89. The molecule has 0 heterocycles. The Bertz CT molecular complexity index is 440. The predicted molar refractivity (Wildman–Crippen MR) is 82.7 cm³/mol. The van der Waals surface area contributed by atoms with Crippen molar-refractivity contribution in [2.75, 3.05) is 0 Å². The Balaban J connectivity index is 2.94. The van der Waals surface area contributed by atoms with Gasteiger partial charge in [-0.1, -0.05) is 40.2 Å². The van der Waals surface area contributed by atoms with Crippen LogP contribution in [0.2, 0.25) is 0 Å². The molecule has 0 bridgehead atoms. The van der Waals surface area contributed by atoms with Gasteiger partial charge in [0.25, 0.3) is 0 Å². The van der Waals surface area contributed by atoms with Crippen molar-refractivity contribution in [1.29, 1.82) is 0 Å². The summed E-state index contributed by atoms with van der Waals surface area (Å²) in [5, 5.41) is 0. The maximum absolute atomic E-state index is 12.2. The summed E-state index contributed by atoms with van der Waals surface area (Å²) in [4.78, 5) is 0. The molecule has 0 aliphatic rings. The molecule has 4 heteroatoms. The SMILES string of the molecule is C=CC[C@@H](NS(=O)C(C)(C)C)c1ccccc1Br. The highest BCUT2D eigenvalue weighted by Gasteiger charge is 2.23. The summed E-state index contributed by atoms with van der Waals surface area (Å²) in [5.74, 6) is 0. The van der Waals surface area contributed by atoms with Gasteiger partial charge < -0.3 is 0 Å². The molecule has 0 aliphatic heterocycles. The van der Waals surface area contributed by atoms with Crippen LogP contribution in [0.4, 0.5) is 0 Å². The molecule has 100 valence electrons. The van der Waals surface area contributed by atoms with E-state index in [1.54, 1.807) is 0 Å². The van der Waals surface area contributed by atoms with Gasteiger partial charge in [0.2, 0.25) is 0 Å². The fourth-order valence-electron chi connectivity index (χ4n) is 1.47. The minimum absolute atomic E-state index is 0.0122. The van der Waals surface area contributed by atoms with E-state index in [0.717, 1.165) is 16.5 Å². The third-order valence-electron chi connectivity index (χ3n) is 2.49. The van der Waals surface area contributed by atoms with Crippen LogP contribution in [-0.2, 0) is 11.0 Å². The molecule has 0 fully saturated rings. The lowest BCUT2D eigenvalue weighted by molar-refractivity contribution is 0.601. The molecule has 1 unspecified atom stereocenters. The molecule has 0 saturated heterocycles. The lowest BCUT2D eigenvalue weighted by atomic mass is 10.1. The highest BCUT2D eigenvalue weighted by atomic mass is 79.9. The van der Waals surface area contributed by atoms with Gasteiger partial charge >= 0.3 is 0 Å². The fraction of sp³-hybridized carbons (Fsp3) is 0.429. The average molecular weight is 330 g/mol. The zero-order valence-electron chi connectivity index (χ0n) is 11.1. The smallest absolute Gasteiger partial charge is 0.0976 e. The Morgan fingerprint density at radius 1 is 1.44 bits per heavy atom. The number of hydrogen-bond acceptors (Lipinski definition) is 1. The number of nitrogens with one attached hydrogen (secondary N) is 1. The zero-order chi connectivity index (χ0) is 13.8. The predicted octanol–water partition coefficient (Wildman–Crippen LogP) is 4.12. The average Bonchev–Trinajstić information content (AvgIpc) is 2.28. The molecule has 1 aromatic carbocycles. The normalized spacial score (nSPS) is 15.1. The Morgan fingerprint density at radius 2 is 2.06 bits per heavy atom. The Morgan fingerprint density at radius 3 is 2.56 bits per heavy atom. The van der Waals surface area contributed by atoms with E-state index in [2.05, 4.69) is 27.2 Å². The molecule has 0 radical (unpaired) electrons. The molecule has 0 aromatic heterocycles. The van der Waals surface area contributed by atoms with Gasteiger partial charge in [0.05, 0.1) is 15.7 Å². The van der Waals surface area contributed by atoms with Crippen LogP contribution in [0.3, 0.4) is 0 Å². The standard InChI is InChI=1S/C14H20BrNOS/c1-5-8-13(16-18(17)14(2,3)4)11-9-6-7-10-12(11)15/h5-7,9-10,13,16H,1,8H2,2-4H3/t13-,18?/m1/s1. The van der Waals surface area contributed by atoms with Crippen molar-refractivity contribution in [3.63, 3.8) is 0 Å². The van der Waals surface area contributed by atoms with Gasteiger partial charge in [-0.05, 0) is 38.8 Å². The molecule has 0 amide bonds. The first-order valence-corrected chi connectivity index (χ1v) is 7.84. The summed E-state index contributed by atoms with van der Waals surface area (Å²) < 4.78 is 16.1. The zero-order valence-corrected chi connectivity index (χ0v) is 13.5. The van der Waals surface area contributed by atoms with Crippen LogP contribution in [0.5, 0.6) is 0 Å². The van der Waals surface area contributed by atoms with E-state index >= 15 is 0 Å². The van der Waals surface area contributed by atoms with Crippen molar-refractivity contribution in [3.05, 3.63) is 47.0 Å². The molecule has 1 N–H and O–H groups in total. The molecule has 1 rings (SSSR count). The van der Waals surface area contributed by atoms with Crippen molar-refractivity contribution >= 4 is 26.9 Å². The van der Waals surface area contributed by atoms with Crippen molar-refractivity contribution < 1.29 is 4.21 Å². The summed E-state index contributed by atoms with van der Waals surface area (Å²) in [5.41, 5.74) is 1.11. The number of halogens is 1. The quantitative estimate of drug-likeness (QED) is 0.809. The summed E-state index contributed by atoms with van der Waals surface area (Å²) in [6.07, 6.45) is 2.58. The van der Waals surface area contributed by atoms with E-state index in [-0.39, 0.29) is 10.8 Å². The monoisotopic (exact) mass is 329 g/mol. The second-order valence-corrected chi connectivity index (χ2v) is 7.95. The van der Waals surface area contributed by atoms with Gasteiger partial charge in [0.1, 0.15) is 0 Å². The van der Waals surface area contributed by atoms with Crippen LogP contribution < -0.4 is 4.72 Å². The van der Waals surface area contributed by atoms with Gasteiger partial charge in [0, 0.05) is 10.5 Å². The van der Waals surface area contributed by atoms with Crippen LogP contribution in [0.1, 0.15) is 38.8 Å². The molecular formula is C14H20BrNOS. The molecule has 1 aromatic rings. The van der Waals surface area contributed by atoms with Gasteiger partial charge in [-0.3, -0.25) is 0 Å². The van der Waals surface area contributed by atoms with Crippen LogP contribution in [-0.4, -0.2) is 8.96 Å². The van der Waals surface area contributed by atoms with Gasteiger partial charge in [-0.2, -0.15) is 0 Å². The van der Waals surface area contributed by atoms with E-state index < -0.39 is 11.0 Å². The van der Waals surface area contributed by atoms with Crippen molar-refractivity contribution in [3.8, 4) is 0 Å². The van der Waals surface area contributed by atoms with Gasteiger partial charge in [-0.15, -0.1) is 6.58 Å². The van der Waals surface area contributed by atoms with Crippen molar-refractivity contribution in [1.82, 2.24) is 4.72 Å². The molecule has 2 atom stereocenters. The summed E-state index contributed by atoms with van der Waals surface area (Å²) in [7, 11) is -1.10. The van der Waals surface area contributed by atoms with Crippen LogP contribution >= 0.6 is 15.9 Å². The first kappa shape index (κ1) is 15.6. The maximum Gasteiger partial charge on any atom is 0.0976 e. The molecule has 18 heavy (non-hydrogen) atoms.